The highest BCUT2D eigenvalue weighted by molar-refractivity contribution is 5.17. The lowest BCUT2D eigenvalue weighted by atomic mass is 10.0. The van der Waals surface area contributed by atoms with E-state index in [4.69, 9.17) is 4.42 Å². The molecule has 1 aromatic rings. The van der Waals surface area contributed by atoms with Gasteiger partial charge in [0.1, 0.15) is 11.5 Å². The summed E-state index contributed by atoms with van der Waals surface area (Å²) in [5.74, 6) is 5.11. The molecule has 100 valence electrons. The molecular weight excluding hydrogens is 222 g/mol. The summed E-state index contributed by atoms with van der Waals surface area (Å²) in [4.78, 5) is 0. The van der Waals surface area contributed by atoms with Crippen LogP contribution >= 0.6 is 0 Å². The van der Waals surface area contributed by atoms with E-state index in [2.05, 4.69) is 31.3 Å². The molecule has 3 rings (SSSR count). The van der Waals surface area contributed by atoms with Gasteiger partial charge in [-0.05, 0) is 55.7 Å². The SMILES string of the molecule is CCCNC(c1ccc(CC)o1)C1C2CCCC21. The Bertz CT molecular complexity index is 388. The van der Waals surface area contributed by atoms with Crippen LogP contribution in [0.3, 0.4) is 0 Å². The number of aryl methyl sites for hydroxylation is 1. The molecule has 0 aromatic carbocycles. The molecular formula is C16H25NO. The van der Waals surface area contributed by atoms with Crippen LogP contribution in [-0.2, 0) is 6.42 Å². The van der Waals surface area contributed by atoms with Gasteiger partial charge < -0.3 is 9.73 Å². The molecule has 0 bridgehead atoms. The first-order valence-corrected chi connectivity index (χ1v) is 7.67. The Morgan fingerprint density at radius 1 is 1.28 bits per heavy atom. The molecule has 2 nitrogen and oxygen atoms in total. The van der Waals surface area contributed by atoms with Crippen molar-refractivity contribution in [3.05, 3.63) is 23.7 Å². The molecule has 0 aliphatic heterocycles. The summed E-state index contributed by atoms with van der Waals surface area (Å²) < 4.78 is 6.00. The maximum absolute atomic E-state index is 6.00. The highest BCUT2D eigenvalue weighted by Gasteiger charge is 2.56. The van der Waals surface area contributed by atoms with Crippen LogP contribution in [0.25, 0.3) is 0 Å². The second-order valence-corrected chi connectivity index (χ2v) is 5.93. The van der Waals surface area contributed by atoms with E-state index in [0.717, 1.165) is 36.5 Å². The average Bonchev–Trinajstić information content (AvgIpc) is 2.81. The Morgan fingerprint density at radius 2 is 2.06 bits per heavy atom. The van der Waals surface area contributed by atoms with Gasteiger partial charge in [-0.2, -0.15) is 0 Å². The summed E-state index contributed by atoms with van der Waals surface area (Å²) in [6.45, 7) is 5.49. The quantitative estimate of drug-likeness (QED) is 0.824. The van der Waals surface area contributed by atoms with Crippen LogP contribution in [0.15, 0.2) is 16.5 Å². The fraction of sp³-hybridized carbons (Fsp3) is 0.750. The van der Waals surface area contributed by atoms with Crippen LogP contribution in [0.2, 0.25) is 0 Å². The minimum atomic E-state index is 0.473. The van der Waals surface area contributed by atoms with E-state index < -0.39 is 0 Å². The highest BCUT2D eigenvalue weighted by atomic mass is 16.3. The third-order valence-corrected chi connectivity index (χ3v) is 4.81. The van der Waals surface area contributed by atoms with E-state index in [-0.39, 0.29) is 0 Å². The predicted octanol–water partition coefficient (Wildman–Crippen LogP) is 3.93. The van der Waals surface area contributed by atoms with E-state index in [1.54, 1.807) is 0 Å². The van der Waals surface area contributed by atoms with Crippen LogP contribution in [0, 0.1) is 17.8 Å². The standard InChI is InChI=1S/C16H25NO/c1-3-10-17-16(14-9-8-11(4-2)18-14)15-12-6-5-7-13(12)15/h8-9,12-13,15-17H,3-7,10H2,1-2H3. The van der Waals surface area contributed by atoms with Gasteiger partial charge in [-0.25, -0.2) is 0 Å². The van der Waals surface area contributed by atoms with Gasteiger partial charge in [-0.3, -0.25) is 0 Å². The molecule has 3 unspecified atom stereocenters. The van der Waals surface area contributed by atoms with Crippen LogP contribution in [0.5, 0.6) is 0 Å². The van der Waals surface area contributed by atoms with Crippen molar-refractivity contribution >= 4 is 0 Å². The number of hydrogen-bond acceptors (Lipinski definition) is 2. The molecule has 0 saturated heterocycles. The van der Waals surface area contributed by atoms with Gasteiger partial charge >= 0.3 is 0 Å². The van der Waals surface area contributed by atoms with Gasteiger partial charge in [0.05, 0.1) is 6.04 Å². The first kappa shape index (κ1) is 12.3. The second kappa shape index (κ2) is 5.08. The first-order valence-electron chi connectivity index (χ1n) is 7.67. The van der Waals surface area contributed by atoms with Crippen LogP contribution < -0.4 is 5.32 Å². The molecule has 1 N–H and O–H groups in total. The molecule has 0 amide bonds. The molecule has 0 radical (unpaired) electrons. The van der Waals surface area contributed by atoms with E-state index in [9.17, 15) is 0 Å². The lowest BCUT2D eigenvalue weighted by Crippen LogP contribution is -2.25. The smallest absolute Gasteiger partial charge is 0.121 e. The normalized spacial score (nSPS) is 31.3. The largest absolute Gasteiger partial charge is 0.464 e. The molecule has 3 atom stereocenters. The summed E-state index contributed by atoms with van der Waals surface area (Å²) >= 11 is 0. The molecule has 18 heavy (non-hydrogen) atoms. The summed E-state index contributed by atoms with van der Waals surface area (Å²) in [6, 6.07) is 4.81. The van der Waals surface area contributed by atoms with Crippen molar-refractivity contribution in [2.75, 3.05) is 6.54 Å². The Balaban J connectivity index is 1.73. The summed E-state index contributed by atoms with van der Waals surface area (Å²) in [7, 11) is 0. The van der Waals surface area contributed by atoms with Crippen molar-refractivity contribution in [1.29, 1.82) is 0 Å². The average molecular weight is 247 g/mol. The lowest BCUT2D eigenvalue weighted by molar-refractivity contribution is 0.340. The van der Waals surface area contributed by atoms with Gasteiger partial charge in [0, 0.05) is 6.42 Å². The van der Waals surface area contributed by atoms with Crippen molar-refractivity contribution in [1.82, 2.24) is 5.32 Å². The van der Waals surface area contributed by atoms with Gasteiger partial charge in [0.25, 0.3) is 0 Å². The minimum absolute atomic E-state index is 0.473. The van der Waals surface area contributed by atoms with Gasteiger partial charge in [0.15, 0.2) is 0 Å². The molecule has 2 aliphatic carbocycles. The molecule has 1 aromatic heterocycles. The Morgan fingerprint density at radius 3 is 2.67 bits per heavy atom. The van der Waals surface area contributed by atoms with E-state index in [1.807, 2.05) is 0 Å². The first-order chi connectivity index (χ1) is 8.85. The predicted molar refractivity (Wildman–Crippen MR) is 73.4 cm³/mol. The Kier molecular flexibility index (Phi) is 3.47. The zero-order valence-electron chi connectivity index (χ0n) is 11.6. The third-order valence-electron chi connectivity index (χ3n) is 4.81. The van der Waals surface area contributed by atoms with Gasteiger partial charge in [-0.1, -0.05) is 20.3 Å². The number of rotatable bonds is 6. The van der Waals surface area contributed by atoms with Gasteiger partial charge in [0.2, 0.25) is 0 Å². The molecule has 0 spiro atoms. The monoisotopic (exact) mass is 247 g/mol. The molecule has 2 aliphatic rings. The van der Waals surface area contributed by atoms with Crippen molar-refractivity contribution in [2.45, 2.75) is 52.0 Å². The lowest BCUT2D eigenvalue weighted by Gasteiger charge is -2.18. The van der Waals surface area contributed by atoms with E-state index in [1.165, 1.54) is 31.4 Å². The Labute approximate surface area is 110 Å². The van der Waals surface area contributed by atoms with Crippen LogP contribution in [0.4, 0.5) is 0 Å². The molecule has 2 heteroatoms. The minimum Gasteiger partial charge on any atom is -0.464 e. The maximum Gasteiger partial charge on any atom is 0.121 e. The van der Waals surface area contributed by atoms with Crippen molar-refractivity contribution < 1.29 is 4.42 Å². The van der Waals surface area contributed by atoms with Gasteiger partial charge in [-0.15, -0.1) is 0 Å². The zero-order valence-corrected chi connectivity index (χ0v) is 11.6. The Hall–Kier alpha value is -0.760. The molecule has 2 saturated carbocycles. The summed E-state index contributed by atoms with van der Waals surface area (Å²) in [5, 5.41) is 3.72. The second-order valence-electron chi connectivity index (χ2n) is 5.93. The summed E-state index contributed by atoms with van der Waals surface area (Å²) in [5.41, 5.74) is 0. The molecule has 2 fully saturated rings. The highest BCUT2D eigenvalue weighted by Crippen LogP contribution is 2.62. The fourth-order valence-corrected chi connectivity index (χ4v) is 3.85. The third kappa shape index (κ3) is 2.11. The topological polar surface area (TPSA) is 25.2 Å². The molecule has 1 heterocycles. The van der Waals surface area contributed by atoms with Crippen LogP contribution in [-0.4, -0.2) is 6.54 Å². The van der Waals surface area contributed by atoms with Crippen molar-refractivity contribution in [2.24, 2.45) is 17.8 Å². The van der Waals surface area contributed by atoms with Crippen molar-refractivity contribution in [3.63, 3.8) is 0 Å². The number of nitrogens with one attached hydrogen (secondary N) is 1. The fourth-order valence-electron chi connectivity index (χ4n) is 3.85. The zero-order chi connectivity index (χ0) is 12.5. The van der Waals surface area contributed by atoms with E-state index in [0.29, 0.717) is 6.04 Å². The number of hydrogen-bond donors (Lipinski definition) is 1. The number of furan rings is 1. The maximum atomic E-state index is 6.00. The number of fused-ring (bicyclic) bond motifs is 1. The van der Waals surface area contributed by atoms with Crippen LogP contribution in [0.1, 0.15) is 57.1 Å². The van der Waals surface area contributed by atoms with Crippen molar-refractivity contribution in [3.8, 4) is 0 Å². The summed E-state index contributed by atoms with van der Waals surface area (Å²) in [6.07, 6.45) is 6.53. The van der Waals surface area contributed by atoms with E-state index >= 15 is 0 Å².